The summed E-state index contributed by atoms with van der Waals surface area (Å²) in [5.74, 6) is 0.279. The van der Waals surface area contributed by atoms with Crippen LogP contribution in [-0.2, 0) is 24.4 Å². The summed E-state index contributed by atoms with van der Waals surface area (Å²) in [5.41, 5.74) is 4.16. The monoisotopic (exact) mass is 526 g/mol. The summed E-state index contributed by atoms with van der Waals surface area (Å²) in [6, 6.07) is 16.0. The van der Waals surface area contributed by atoms with E-state index in [9.17, 15) is 9.59 Å². The normalized spacial score (nSPS) is 17.5. The zero-order valence-corrected chi connectivity index (χ0v) is 22.5. The first-order valence-electron chi connectivity index (χ1n) is 14.0. The highest BCUT2D eigenvalue weighted by Gasteiger charge is 2.28. The van der Waals surface area contributed by atoms with Crippen molar-refractivity contribution in [2.45, 2.75) is 51.4 Å². The average molecular weight is 527 g/mol. The molecule has 4 heterocycles. The molecule has 39 heavy (non-hydrogen) atoms. The van der Waals surface area contributed by atoms with Gasteiger partial charge in [0.2, 0.25) is 5.91 Å². The number of likely N-dealkylation sites (tertiary alicyclic amines) is 2. The van der Waals surface area contributed by atoms with Crippen LogP contribution in [0, 0.1) is 5.92 Å². The minimum atomic E-state index is -0.0747. The molecule has 3 aromatic rings. The molecule has 0 spiro atoms. The number of rotatable bonds is 9. The number of hydrogen-bond acceptors (Lipinski definition) is 6. The fraction of sp³-hybridized carbons (Fsp3) is 0.419. The molecule has 2 saturated heterocycles. The Morgan fingerprint density at radius 1 is 0.692 bits per heavy atom. The van der Waals surface area contributed by atoms with Crippen molar-refractivity contribution < 1.29 is 9.59 Å². The number of nitrogens with one attached hydrogen (secondary N) is 2. The summed E-state index contributed by atoms with van der Waals surface area (Å²) >= 11 is 0. The predicted octanol–water partition coefficient (Wildman–Crippen LogP) is 3.40. The van der Waals surface area contributed by atoms with E-state index in [1.807, 2.05) is 48.8 Å². The number of piperidine rings is 2. The van der Waals surface area contributed by atoms with Gasteiger partial charge in [-0.3, -0.25) is 29.4 Å². The number of carbonyl (C=O) groups excluding carboxylic acids is 2. The van der Waals surface area contributed by atoms with Crippen LogP contribution in [0.25, 0.3) is 0 Å². The SMILES string of the molecule is O=C(NCc1ccncc1)c1ccc(CN2CCC(NC(=O)C3CCN(Cc4ccncc4)CC3)CC2)cc1. The van der Waals surface area contributed by atoms with E-state index >= 15 is 0 Å². The van der Waals surface area contributed by atoms with E-state index in [4.69, 9.17) is 0 Å². The van der Waals surface area contributed by atoms with Crippen molar-refractivity contribution in [3.05, 3.63) is 95.6 Å². The standard InChI is InChI=1S/C31H38N6O2/c38-30(34-21-24-5-13-32-14-6-24)27-3-1-25(2-4-27)22-37-19-11-29(12-20-37)35-31(39)28-9-17-36(18-10-28)23-26-7-15-33-16-8-26/h1-8,13-16,28-29H,9-12,17-23H2,(H,34,38)(H,35,39). The number of hydrogen-bond donors (Lipinski definition) is 2. The van der Waals surface area contributed by atoms with Crippen LogP contribution in [0.3, 0.4) is 0 Å². The number of carbonyl (C=O) groups is 2. The van der Waals surface area contributed by atoms with Gasteiger partial charge in [-0.15, -0.1) is 0 Å². The highest BCUT2D eigenvalue weighted by Crippen LogP contribution is 2.21. The number of nitrogens with zero attached hydrogens (tertiary/aromatic N) is 4. The Hall–Kier alpha value is -3.62. The fourth-order valence-corrected chi connectivity index (χ4v) is 5.46. The lowest BCUT2D eigenvalue weighted by atomic mass is 9.94. The number of pyridine rings is 2. The van der Waals surface area contributed by atoms with Crippen LogP contribution < -0.4 is 10.6 Å². The zero-order chi connectivity index (χ0) is 26.9. The Labute approximate surface area is 230 Å². The first-order chi connectivity index (χ1) is 19.1. The minimum Gasteiger partial charge on any atom is -0.353 e. The van der Waals surface area contributed by atoms with Crippen LogP contribution in [-0.4, -0.2) is 63.8 Å². The van der Waals surface area contributed by atoms with Gasteiger partial charge in [0, 0.05) is 75.0 Å². The third-order valence-electron chi connectivity index (χ3n) is 7.87. The van der Waals surface area contributed by atoms with Crippen molar-refractivity contribution in [2.75, 3.05) is 26.2 Å². The molecule has 0 unspecified atom stereocenters. The maximum atomic E-state index is 12.9. The number of aromatic nitrogens is 2. The van der Waals surface area contributed by atoms with Crippen LogP contribution >= 0.6 is 0 Å². The highest BCUT2D eigenvalue weighted by atomic mass is 16.2. The van der Waals surface area contributed by atoms with Crippen LogP contribution in [0.2, 0.25) is 0 Å². The van der Waals surface area contributed by atoms with Gasteiger partial charge in [0.1, 0.15) is 0 Å². The molecule has 5 rings (SSSR count). The molecule has 0 radical (unpaired) electrons. The maximum Gasteiger partial charge on any atom is 0.251 e. The quantitative estimate of drug-likeness (QED) is 0.444. The molecule has 2 aromatic heterocycles. The molecular formula is C31H38N6O2. The largest absolute Gasteiger partial charge is 0.353 e. The van der Waals surface area contributed by atoms with E-state index in [1.54, 1.807) is 12.4 Å². The Bertz CT molecular complexity index is 1190. The van der Waals surface area contributed by atoms with Crippen molar-refractivity contribution in [1.82, 2.24) is 30.4 Å². The Kier molecular flexibility index (Phi) is 9.30. The summed E-state index contributed by atoms with van der Waals surface area (Å²) < 4.78 is 0. The molecule has 0 saturated carbocycles. The molecule has 1 aromatic carbocycles. The molecule has 2 amide bonds. The van der Waals surface area contributed by atoms with Crippen molar-refractivity contribution in [2.24, 2.45) is 5.92 Å². The van der Waals surface area contributed by atoms with Gasteiger partial charge in [0.25, 0.3) is 5.91 Å². The van der Waals surface area contributed by atoms with Crippen molar-refractivity contribution in [3.8, 4) is 0 Å². The molecule has 2 N–H and O–H groups in total. The summed E-state index contributed by atoms with van der Waals surface area (Å²) in [6.07, 6.45) is 10.9. The second kappa shape index (κ2) is 13.4. The summed E-state index contributed by atoms with van der Waals surface area (Å²) in [6.45, 7) is 6.12. The molecule has 2 aliphatic heterocycles. The van der Waals surface area contributed by atoms with Gasteiger partial charge in [-0.05, 0) is 91.9 Å². The molecule has 0 atom stereocenters. The molecular weight excluding hydrogens is 488 g/mol. The lowest BCUT2D eigenvalue weighted by Gasteiger charge is -2.35. The Morgan fingerprint density at radius 2 is 1.21 bits per heavy atom. The van der Waals surface area contributed by atoms with E-state index < -0.39 is 0 Å². The lowest BCUT2D eigenvalue weighted by molar-refractivity contribution is -0.127. The predicted molar refractivity (Wildman–Crippen MR) is 151 cm³/mol. The van der Waals surface area contributed by atoms with Crippen LogP contribution in [0.1, 0.15) is 52.7 Å². The molecule has 2 fully saturated rings. The van der Waals surface area contributed by atoms with Gasteiger partial charge in [-0.2, -0.15) is 0 Å². The highest BCUT2D eigenvalue weighted by molar-refractivity contribution is 5.94. The van der Waals surface area contributed by atoms with Crippen molar-refractivity contribution in [1.29, 1.82) is 0 Å². The molecule has 8 nitrogen and oxygen atoms in total. The van der Waals surface area contributed by atoms with Crippen LogP contribution in [0.5, 0.6) is 0 Å². The summed E-state index contributed by atoms with van der Waals surface area (Å²) in [4.78, 5) is 38.3. The van der Waals surface area contributed by atoms with E-state index in [-0.39, 0.29) is 23.8 Å². The van der Waals surface area contributed by atoms with Crippen molar-refractivity contribution >= 4 is 11.8 Å². The Morgan fingerprint density at radius 3 is 1.79 bits per heavy atom. The van der Waals surface area contributed by atoms with Gasteiger partial charge >= 0.3 is 0 Å². The lowest BCUT2D eigenvalue weighted by Crippen LogP contribution is -2.47. The first-order valence-corrected chi connectivity index (χ1v) is 14.0. The summed E-state index contributed by atoms with van der Waals surface area (Å²) in [5, 5.41) is 6.30. The zero-order valence-electron chi connectivity index (χ0n) is 22.5. The van der Waals surface area contributed by atoms with E-state index in [1.165, 1.54) is 11.1 Å². The number of amides is 2. The van der Waals surface area contributed by atoms with E-state index in [2.05, 4.69) is 42.5 Å². The summed E-state index contributed by atoms with van der Waals surface area (Å²) in [7, 11) is 0. The maximum absolute atomic E-state index is 12.9. The smallest absolute Gasteiger partial charge is 0.251 e. The van der Waals surface area contributed by atoms with Gasteiger partial charge in [-0.1, -0.05) is 12.1 Å². The van der Waals surface area contributed by atoms with E-state index in [0.717, 1.165) is 70.5 Å². The second-order valence-electron chi connectivity index (χ2n) is 10.7. The topological polar surface area (TPSA) is 90.5 Å². The second-order valence-corrected chi connectivity index (χ2v) is 10.7. The average Bonchev–Trinajstić information content (AvgIpc) is 2.99. The van der Waals surface area contributed by atoms with Gasteiger partial charge in [-0.25, -0.2) is 0 Å². The third-order valence-corrected chi connectivity index (χ3v) is 7.87. The van der Waals surface area contributed by atoms with Crippen LogP contribution in [0.4, 0.5) is 0 Å². The molecule has 0 aliphatic carbocycles. The minimum absolute atomic E-state index is 0.0747. The van der Waals surface area contributed by atoms with Gasteiger partial charge < -0.3 is 10.6 Å². The fourth-order valence-electron chi connectivity index (χ4n) is 5.46. The molecule has 2 aliphatic rings. The first kappa shape index (κ1) is 27.0. The molecule has 0 bridgehead atoms. The third kappa shape index (κ3) is 7.94. The molecule has 8 heteroatoms. The van der Waals surface area contributed by atoms with Crippen molar-refractivity contribution in [3.63, 3.8) is 0 Å². The number of benzene rings is 1. The van der Waals surface area contributed by atoms with Crippen LogP contribution in [0.15, 0.2) is 73.3 Å². The van der Waals surface area contributed by atoms with E-state index in [0.29, 0.717) is 12.1 Å². The van der Waals surface area contributed by atoms with Gasteiger partial charge in [0.15, 0.2) is 0 Å². The Balaban J connectivity index is 0.994. The molecule has 204 valence electrons. The van der Waals surface area contributed by atoms with Gasteiger partial charge in [0.05, 0.1) is 0 Å².